The number of H-pyrrole nitrogens is 1. The van der Waals surface area contributed by atoms with E-state index in [-0.39, 0.29) is 23.1 Å². The number of nitrogens with one attached hydrogen (secondary N) is 1. The van der Waals surface area contributed by atoms with Crippen molar-refractivity contribution in [2.24, 2.45) is 11.7 Å². The molecule has 3 rings (SSSR count). The van der Waals surface area contributed by atoms with Crippen LogP contribution in [-0.4, -0.2) is 30.6 Å². The minimum Gasteiger partial charge on any atom is -0.370 e. The van der Waals surface area contributed by atoms with Crippen molar-refractivity contribution < 1.29 is 4.79 Å². The van der Waals surface area contributed by atoms with Crippen molar-refractivity contribution in [2.45, 2.75) is 50.6 Å². The second-order valence-electron chi connectivity index (χ2n) is 7.10. The van der Waals surface area contributed by atoms with E-state index < -0.39 is 0 Å². The third kappa shape index (κ3) is 4.59. The van der Waals surface area contributed by atoms with Gasteiger partial charge in [-0.2, -0.15) is 0 Å². The zero-order valence-corrected chi connectivity index (χ0v) is 17.0. The van der Waals surface area contributed by atoms with Crippen molar-refractivity contribution in [2.75, 3.05) is 0 Å². The van der Waals surface area contributed by atoms with E-state index >= 15 is 0 Å². The smallest absolute Gasteiger partial charge is 0.258 e. The number of amides is 1. The number of carbonyl (C=O) groups excluding carboxylic acids is 1. The highest BCUT2D eigenvalue weighted by molar-refractivity contribution is 7.99. The average Bonchev–Trinajstić information content (AvgIpc) is 3.00. The van der Waals surface area contributed by atoms with E-state index in [0.717, 1.165) is 17.5 Å². The molecule has 2 heterocycles. The Bertz CT molecular complexity index is 1040. The molecule has 0 spiro atoms. The van der Waals surface area contributed by atoms with Gasteiger partial charge in [0.2, 0.25) is 5.91 Å². The Labute approximate surface area is 167 Å². The number of fused-ring (bicyclic) bond motifs is 1. The average molecular weight is 401 g/mol. The van der Waals surface area contributed by atoms with Crippen LogP contribution < -0.4 is 11.3 Å². The maximum absolute atomic E-state index is 12.3. The number of aromatic amines is 1. The lowest BCUT2D eigenvalue weighted by atomic mass is 10.2. The number of benzene rings is 1. The highest BCUT2D eigenvalue weighted by Crippen LogP contribution is 2.32. The normalized spacial score (nSPS) is 12.6. The first-order valence-corrected chi connectivity index (χ1v) is 10.1. The molecule has 28 heavy (non-hydrogen) atoms. The standard InChI is InChI=1S/C19H24N6O2S/c1-11(2)10-25-16(9-8-15(20)26)23-24-19(25)28-12(3)17-21-14-7-5-4-6-13(14)18(27)22-17/h4-7,11-12H,8-10H2,1-3H3,(H2,20,26)(H,21,22,27)/t12-/m1/s1. The van der Waals surface area contributed by atoms with Crippen LogP contribution in [-0.2, 0) is 17.8 Å². The third-order valence-corrected chi connectivity index (χ3v) is 5.32. The molecule has 3 N–H and O–H groups in total. The summed E-state index contributed by atoms with van der Waals surface area (Å²) in [5, 5.41) is 9.72. The van der Waals surface area contributed by atoms with Gasteiger partial charge in [-0.15, -0.1) is 10.2 Å². The molecule has 0 fully saturated rings. The Kier molecular flexibility index (Phi) is 6.13. The van der Waals surface area contributed by atoms with Gasteiger partial charge in [0.25, 0.3) is 5.56 Å². The molecule has 1 aromatic carbocycles. The van der Waals surface area contributed by atoms with Crippen LogP contribution in [0.15, 0.2) is 34.2 Å². The highest BCUT2D eigenvalue weighted by atomic mass is 32.2. The van der Waals surface area contributed by atoms with Gasteiger partial charge in [0, 0.05) is 19.4 Å². The molecule has 8 nitrogen and oxygen atoms in total. The van der Waals surface area contributed by atoms with Crippen molar-refractivity contribution in [3.8, 4) is 0 Å². The van der Waals surface area contributed by atoms with Crippen LogP contribution in [0, 0.1) is 5.92 Å². The van der Waals surface area contributed by atoms with E-state index in [1.807, 2.05) is 29.7 Å². The first-order valence-electron chi connectivity index (χ1n) is 9.21. The first kappa shape index (κ1) is 20.1. The van der Waals surface area contributed by atoms with E-state index in [0.29, 0.717) is 29.1 Å². The van der Waals surface area contributed by atoms with Gasteiger partial charge in [-0.3, -0.25) is 9.59 Å². The van der Waals surface area contributed by atoms with Crippen molar-refractivity contribution in [1.29, 1.82) is 0 Å². The number of para-hydroxylation sites is 1. The van der Waals surface area contributed by atoms with Gasteiger partial charge in [0.15, 0.2) is 5.16 Å². The number of thioether (sulfide) groups is 1. The fourth-order valence-electron chi connectivity index (χ4n) is 2.89. The van der Waals surface area contributed by atoms with Crippen LogP contribution in [0.4, 0.5) is 0 Å². The van der Waals surface area contributed by atoms with E-state index in [2.05, 4.69) is 34.0 Å². The number of carbonyl (C=O) groups is 1. The number of hydrogen-bond acceptors (Lipinski definition) is 6. The Hall–Kier alpha value is -2.68. The largest absolute Gasteiger partial charge is 0.370 e. The molecule has 0 unspecified atom stereocenters. The zero-order valence-electron chi connectivity index (χ0n) is 16.2. The molecule has 1 atom stereocenters. The molecule has 0 aliphatic rings. The minimum absolute atomic E-state index is 0.128. The van der Waals surface area contributed by atoms with Gasteiger partial charge in [-0.1, -0.05) is 37.7 Å². The fourth-order valence-corrected chi connectivity index (χ4v) is 3.82. The third-order valence-electron chi connectivity index (χ3n) is 4.23. The second-order valence-corrected chi connectivity index (χ2v) is 8.41. The summed E-state index contributed by atoms with van der Waals surface area (Å²) in [6.45, 7) is 6.92. The number of hydrogen-bond donors (Lipinski definition) is 2. The molecule has 0 saturated heterocycles. The van der Waals surface area contributed by atoms with Gasteiger partial charge < -0.3 is 15.3 Å². The lowest BCUT2D eigenvalue weighted by molar-refractivity contribution is -0.118. The maximum atomic E-state index is 12.3. The second kappa shape index (κ2) is 8.55. The number of primary amides is 1. The topological polar surface area (TPSA) is 120 Å². The Morgan fingerprint density at radius 2 is 2.00 bits per heavy atom. The number of aryl methyl sites for hydroxylation is 1. The molecule has 0 aliphatic carbocycles. The molecule has 0 bridgehead atoms. The number of rotatable bonds is 8. The molecule has 148 valence electrons. The van der Waals surface area contributed by atoms with Gasteiger partial charge in [-0.05, 0) is 25.0 Å². The molecule has 0 saturated carbocycles. The van der Waals surface area contributed by atoms with Crippen molar-refractivity contribution in [3.63, 3.8) is 0 Å². The SMILES string of the molecule is CC(C)Cn1c(CCC(N)=O)nnc1S[C@H](C)c1nc2ccccc2c(=O)[nH]1. The first-order chi connectivity index (χ1) is 13.3. The zero-order chi connectivity index (χ0) is 20.3. The predicted molar refractivity (Wildman–Crippen MR) is 109 cm³/mol. The summed E-state index contributed by atoms with van der Waals surface area (Å²) in [5.41, 5.74) is 5.78. The lowest BCUT2D eigenvalue weighted by Crippen LogP contribution is -2.15. The summed E-state index contributed by atoms with van der Waals surface area (Å²) in [6.07, 6.45) is 0.686. The number of aromatic nitrogens is 5. The molecule has 0 aliphatic heterocycles. The number of nitrogens with two attached hydrogens (primary N) is 1. The van der Waals surface area contributed by atoms with Crippen LogP contribution in [0.5, 0.6) is 0 Å². The van der Waals surface area contributed by atoms with Gasteiger partial charge in [0.05, 0.1) is 16.2 Å². The molecule has 3 aromatic rings. The molecular weight excluding hydrogens is 376 g/mol. The van der Waals surface area contributed by atoms with Crippen LogP contribution in [0.3, 0.4) is 0 Å². The monoisotopic (exact) mass is 400 g/mol. The molecule has 0 radical (unpaired) electrons. The quantitative estimate of drug-likeness (QED) is 0.561. The summed E-state index contributed by atoms with van der Waals surface area (Å²) in [6, 6.07) is 7.27. The van der Waals surface area contributed by atoms with Crippen molar-refractivity contribution in [1.82, 2.24) is 24.7 Å². The Morgan fingerprint density at radius 1 is 1.25 bits per heavy atom. The summed E-state index contributed by atoms with van der Waals surface area (Å²) in [4.78, 5) is 30.9. The van der Waals surface area contributed by atoms with E-state index in [4.69, 9.17) is 5.73 Å². The summed E-state index contributed by atoms with van der Waals surface area (Å²) in [7, 11) is 0. The van der Waals surface area contributed by atoms with Crippen LogP contribution >= 0.6 is 11.8 Å². The van der Waals surface area contributed by atoms with E-state index in [9.17, 15) is 9.59 Å². The Morgan fingerprint density at radius 3 is 2.71 bits per heavy atom. The van der Waals surface area contributed by atoms with Gasteiger partial charge in [0.1, 0.15) is 11.6 Å². The molecule has 9 heteroatoms. The van der Waals surface area contributed by atoms with Gasteiger partial charge in [-0.25, -0.2) is 4.98 Å². The van der Waals surface area contributed by atoms with Gasteiger partial charge >= 0.3 is 0 Å². The van der Waals surface area contributed by atoms with Crippen LogP contribution in [0.2, 0.25) is 0 Å². The molecule has 2 aromatic heterocycles. The summed E-state index contributed by atoms with van der Waals surface area (Å²) < 4.78 is 2.02. The van der Waals surface area contributed by atoms with E-state index in [1.54, 1.807) is 6.07 Å². The van der Waals surface area contributed by atoms with Crippen LogP contribution in [0.25, 0.3) is 10.9 Å². The van der Waals surface area contributed by atoms with Crippen LogP contribution in [0.1, 0.15) is 44.1 Å². The molecule has 1 amide bonds. The Balaban J connectivity index is 1.88. The highest BCUT2D eigenvalue weighted by Gasteiger charge is 2.19. The summed E-state index contributed by atoms with van der Waals surface area (Å²) >= 11 is 1.48. The number of nitrogens with zero attached hydrogens (tertiary/aromatic N) is 4. The predicted octanol–water partition coefficient (Wildman–Crippen LogP) is 2.44. The fraction of sp³-hybridized carbons (Fsp3) is 0.421. The van der Waals surface area contributed by atoms with Crippen molar-refractivity contribution in [3.05, 3.63) is 46.3 Å². The van der Waals surface area contributed by atoms with Crippen molar-refractivity contribution >= 4 is 28.6 Å². The minimum atomic E-state index is -0.361. The molecular formula is C19H24N6O2S. The lowest BCUT2D eigenvalue weighted by Gasteiger charge is -2.15. The van der Waals surface area contributed by atoms with E-state index in [1.165, 1.54) is 11.8 Å². The summed E-state index contributed by atoms with van der Waals surface area (Å²) in [5.74, 6) is 1.35. The maximum Gasteiger partial charge on any atom is 0.258 e.